The first-order valence-electron chi connectivity index (χ1n) is 9.55. The van der Waals surface area contributed by atoms with Crippen LogP contribution in [0.2, 0.25) is 0 Å². The molecule has 0 saturated heterocycles. The monoisotopic (exact) mass is 419 g/mol. The summed E-state index contributed by atoms with van der Waals surface area (Å²) in [6.07, 6.45) is 0. The smallest absolute Gasteiger partial charge is 0.282 e. The Hall–Kier alpha value is -4.00. The molecule has 7 heteroatoms. The van der Waals surface area contributed by atoms with E-state index in [9.17, 15) is 18.4 Å². The molecule has 1 aliphatic heterocycles. The Morgan fingerprint density at radius 1 is 0.806 bits per heavy atom. The van der Waals surface area contributed by atoms with Gasteiger partial charge in [0, 0.05) is 31.5 Å². The summed E-state index contributed by atoms with van der Waals surface area (Å²) in [6, 6.07) is 19.0. The molecule has 3 aromatic carbocycles. The van der Waals surface area contributed by atoms with Gasteiger partial charge in [0.25, 0.3) is 11.8 Å². The van der Waals surface area contributed by atoms with E-state index in [-0.39, 0.29) is 17.0 Å². The van der Waals surface area contributed by atoms with E-state index < -0.39 is 23.4 Å². The third-order valence-corrected chi connectivity index (χ3v) is 4.94. The quantitative estimate of drug-likeness (QED) is 0.622. The van der Waals surface area contributed by atoms with Crippen molar-refractivity contribution in [3.8, 4) is 0 Å². The number of halogens is 2. The molecule has 1 N–H and O–H groups in total. The van der Waals surface area contributed by atoms with Crippen LogP contribution in [0.5, 0.6) is 0 Å². The molecule has 2 amide bonds. The van der Waals surface area contributed by atoms with Gasteiger partial charge in [0.15, 0.2) is 11.6 Å². The number of hydrogen-bond donors (Lipinski definition) is 1. The molecule has 1 heterocycles. The molecule has 31 heavy (non-hydrogen) atoms. The van der Waals surface area contributed by atoms with Crippen LogP contribution in [-0.2, 0) is 9.59 Å². The molecule has 1 aliphatic rings. The Morgan fingerprint density at radius 3 is 2.23 bits per heavy atom. The number of hydrogen-bond acceptors (Lipinski definition) is 4. The summed E-state index contributed by atoms with van der Waals surface area (Å²) >= 11 is 0. The lowest BCUT2D eigenvalue weighted by molar-refractivity contribution is -0.120. The molecular weight excluding hydrogens is 400 g/mol. The van der Waals surface area contributed by atoms with Gasteiger partial charge < -0.3 is 10.2 Å². The number of nitrogens with one attached hydrogen (secondary N) is 1. The molecule has 0 saturated carbocycles. The number of nitrogens with zero attached hydrogens (tertiary/aromatic N) is 2. The van der Waals surface area contributed by atoms with Crippen LogP contribution in [-0.4, -0.2) is 25.9 Å². The normalized spacial score (nSPS) is 13.7. The highest BCUT2D eigenvalue weighted by Crippen LogP contribution is 2.35. The predicted octanol–water partition coefficient (Wildman–Crippen LogP) is 4.43. The number of imide groups is 1. The maximum Gasteiger partial charge on any atom is 0.282 e. The fourth-order valence-electron chi connectivity index (χ4n) is 3.38. The number of rotatable bonds is 5. The van der Waals surface area contributed by atoms with Crippen molar-refractivity contribution in [2.75, 3.05) is 29.2 Å². The zero-order chi connectivity index (χ0) is 22.1. The predicted molar refractivity (Wildman–Crippen MR) is 117 cm³/mol. The summed E-state index contributed by atoms with van der Waals surface area (Å²) in [5.41, 5.74) is 2.09. The standard InChI is InChI=1S/C24H19F2N3O2/c1-28(2)17-9-6-10-18(14-17)29-23(30)21(15-7-4-3-5-8-15)22(24(29)31)27-16-11-12-19(25)20(26)13-16/h3-14,27H,1-2H3. The van der Waals surface area contributed by atoms with Gasteiger partial charge in [-0.3, -0.25) is 9.59 Å². The molecule has 3 aromatic rings. The average Bonchev–Trinajstić information content (AvgIpc) is 3.01. The molecule has 0 bridgehead atoms. The van der Waals surface area contributed by atoms with Gasteiger partial charge in [-0.05, 0) is 35.9 Å². The maximum atomic E-state index is 13.7. The average molecular weight is 419 g/mol. The van der Waals surface area contributed by atoms with E-state index in [0.717, 1.165) is 22.7 Å². The summed E-state index contributed by atoms with van der Waals surface area (Å²) in [5.74, 6) is -3.14. The van der Waals surface area contributed by atoms with E-state index >= 15 is 0 Å². The van der Waals surface area contributed by atoms with Crippen molar-refractivity contribution in [2.24, 2.45) is 0 Å². The van der Waals surface area contributed by atoms with Crippen LogP contribution >= 0.6 is 0 Å². The Balaban J connectivity index is 1.81. The minimum atomic E-state index is -1.06. The topological polar surface area (TPSA) is 52.6 Å². The lowest BCUT2D eigenvalue weighted by Crippen LogP contribution is -2.32. The largest absolute Gasteiger partial charge is 0.378 e. The number of carbonyl (C=O) groups is 2. The summed E-state index contributed by atoms with van der Waals surface area (Å²) in [6.45, 7) is 0. The second-order valence-electron chi connectivity index (χ2n) is 7.23. The van der Waals surface area contributed by atoms with Crippen LogP contribution in [0, 0.1) is 11.6 Å². The van der Waals surface area contributed by atoms with Crippen LogP contribution in [0.4, 0.5) is 25.8 Å². The van der Waals surface area contributed by atoms with Gasteiger partial charge in [0.1, 0.15) is 5.70 Å². The molecule has 0 aromatic heterocycles. The van der Waals surface area contributed by atoms with E-state index in [1.54, 1.807) is 48.5 Å². The van der Waals surface area contributed by atoms with Crippen molar-refractivity contribution in [2.45, 2.75) is 0 Å². The van der Waals surface area contributed by atoms with Crippen LogP contribution in [0.1, 0.15) is 5.56 Å². The summed E-state index contributed by atoms with van der Waals surface area (Å²) in [5, 5.41) is 2.83. The Bertz CT molecular complexity index is 1210. The maximum absolute atomic E-state index is 13.7. The van der Waals surface area contributed by atoms with Gasteiger partial charge >= 0.3 is 0 Å². The van der Waals surface area contributed by atoms with E-state index in [4.69, 9.17) is 0 Å². The third kappa shape index (κ3) is 3.77. The molecule has 156 valence electrons. The van der Waals surface area contributed by atoms with Crippen molar-refractivity contribution in [3.05, 3.63) is 95.7 Å². The van der Waals surface area contributed by atoms with Gasteiger partial charge in [0.05, 0.1) is 11.3 Å². The Morgan fingerprint density at radius 2 is 1.55 bits per heavy atom. The van der Waals surface area contributed by atoms with Crippen molar-refractivity contribution in [3.63, 3.8) is 0 Å². The van der Waals surface area contributed by atoms with Gasteiger partial charge in [-0.1, -0.05) is 36.4 Å². The van der Waals surface area contributed by atoms with E-state index in [1.807, 2.05) is 25.1 Å². The molecule has 0 radical (unpaired) electrons. The summed E-state index contributed by atoms with van der Waals surface area (Å²) in [7, 11) is 3.72. The second-order valence-corrected chi connectivity index (χ2v) is 7.23. The first-order valence-corrected chi connectivity index (χ1v) is 9.55. The highest BCUT2D eigenvalue weighted by molar-refractivity contribution is 6.46. The fourth-order valence-corrected chi connectivity index (χ4v) is 3.38. The van der Waals surface area contributed by atoms with Crippen LogP contribution in [0.25, 0.3) is 5.57 Å². The van der Waals surface area contributed by atoms with Crippen molar-refractivity contribution < 1.29 is 18.4 Å². The minimum Gasteiger partial charge on any atom is -0.378 e. The molecule has 0 spiro atoms. The summed E-state index contributed by atoms with van der Waals surface area (Å²) in [4.78, 5) is 29.7. The zero-order valence-electron chi connectivity index (χ0n) is 16.9. The molecule has 0 aliphatic carbocycles. The molecule has 0 atom stereocenters. The summed E-state index contributed by atoms with van der Waals surface area (Å²) < 4.78 is 27.0. The first-order chi connectivity index (χ1) is 14.9. The van der Waals surface area contributed by atoms with E-state index in [2.05, 4.69) is 5.32 Å². The molecule has 4 rings (SSSR count). The fraction of sp³-hybridized carbons (Fsp3) is 0.0833. The van der Waals surface area contributed by atoms with Crippen molar-refractivity contribution in [1.29, 1.82) is 0 Å². The minimum absolute atomic E-state index is 0.00235. The van der Waals surface area contributed by atoms with Crippen molar-refractivity contribution in [1.82, 2.24) is 0 Å². The molecule has 5 nitrogen and oxygen atoms in total. The van der Waals surface area contributed by atoms with Gasteiger partial charge in [0.2, 0.25) is 0 Å². The number of anilines is 3. The lowest BCUT2D eigenvalue weighted by Gasteiger charge is -2.19. The molecule has 0 unspecified atom stereocenters. The molecule has 0 fully saturated rings. The lowest BCUT2D eigenvalue weighted by atomic mass is 10.0. The highest BCUT2D eigenvalue weighted by atomic mass is 19.2. The van der Waals surface area contributed by atoms with Gasteiger partial charge in [-0.15, -0.1) is 0 Å². The van der Waals surface area contributed by atoms with Gasteiger partial charge in [-0.2, -0.15) is 0 Å². The first kappa shape index (κ1) is 20.3. The van der Waals surface area contributed by atoms with Crippen LogP contribution < -0.4 is 15.1 Å². The SMILES string of the molecule is CN(C)c1cccc(N2C(=O)C(Nc3ccc(F)c(F)c3)=C(c3ccccc3)C2=O)c1. The van der Waals surface area contributed by atoms with Crippen LogP contribution in [0.15, 0.2) is 78.5 Å². The highest BCUT2D eigenvalue weighted by Gasteiger charge is 2.40. The van der Waals surface area contributed by atoms with E-state index in [0.29, 0.717) is 11.3 Å². The number of amides is 2. The van der Waals surface area contributed by atoms with E-state index in [1.165, 1.54) is 6.07 Å². The van der Waals surface area contributed by atoms with Gasteiger partial charge in [-0.25, -0.2) is 13.7 Å². The number of carbonyl (C=O) groups excluding carboxylic acids is 2. The third-order valence-electron chi connectivity index (χ3n) is 4.94. The Labute approximate surface area is 178 Å². The molecular formula is C24H19F2N3O2. The van der Waals surface area contributed by atoms with Crippen molar-refractivity contribution >= 4 is 34.4 Å². The van der Waals surface area contributed by atoms with Crippen LogP contribution in [0.3, 0.4) is 0 Å². The second kappa shape index (κ2) is 8.02. The Kier molecular flexibility index (Phi) is 5.25. The zero-order valence-corrected chi connectivity index (χ0v) is 16.9. The number of benzene rings is 3.